The first-order chi connectivity index (χ1) is 14.6. The van der Waals surface area contributed by atoms with Gasteiger partial charge in [0.1, 0.15) is 23.2 Å². The molecule has 8 heteroatoms. The monoisotopic (exact) mass is 430 g/mol. The summed E-state index contributed by atoms with van der Waals surface area (Å²) in [6, 6.07) is 5.92. The highest BCUT2D eigenvalue weighted by atomic mass is 32.1. The van der Waals surface area contributed by atoms with Crippen molar-refractivity contribution in [2.45, 2.75) is 51.2 Å². The van der Waals surface area contributed by atoms with E-state index >= 15 is 0 Å². The Labute approximate surface area is 178 Å². The molecule has 0 atom stereocenters. The van der Waals surface area contributed by atoms with Crippen LogP contribution in [0.4, 0.5) is 4.39 Å². The SMILES string of the molecule is O=C(OCC(=O)N(C1=CCCCC1)C1CC1)c1csc(COc2ccc(F)cc2)n1. The molecule has 6 nitrogen and oxygen atoms in total. The normalized spacial score (nSPS) is 16.0. The number of halogens is 1. The number of aromatic nitrogens is 1. The van der Waals surface area contributed by atoms with Crippen molar-refractivity contribution in [1.82, 2.24) is 9.88 Å². The van der Waals surface area contributed by atoms with Gasteiger partial charge in [0.15, 0.2) is 12.3 Å². The van der Waals surface area contributed by atoms with E-state index in [-0.39, 0.29) is 36.7 Å². The van der Waals surface area contributed by atoms with Gasteiger partial charge in [-0.05, 0) is 62.8 Å². The van der Waals surface area contributed by atoms with Gasteiger partial charge >= 0.3 is 5.97 Å². The fourth-order valence-electron chi connectivity index (χ4n) is 3.39. The molecule has 1 aromatic carbocycles. The largest absolute Gasteiger partial charge is 0.486 e. The van der Waals surface area contributed by atoms with Crippen LogP contribution in [0.1, 0.15) is 54.0 Å². The van der Waals surface area contributed by atoms with Crippen molar-refractivity contribution in [3.8, 4) is 5.75 Å². The molecule has 0 radical (unpaired) electrons. The standard InChI is InChI=1S/C22H23FN2O4S/c23-15-6-10-18(11-7-15)28-12-20-24-19(14-30-20)22(27)29-13-21(26)25(17-8-9-17)16-4-2-1-3-5-16/h4,6-7,10-11,14,17H,1-3,5,8-9,12-13H2. The number of rotatable bonds is 8. The molecule has 30 heavy (non-hydrogen) atoms. The van der Waals surface area contributed by atoms with E-state index < -0.39 is 5.97 Å². The summed E-state index contributed by atoms with van der Waals surface area (Å²) in [5.41, 5.74) is 1.22. The first-order valence-corrected chi connectivity index (χ1v) is 11.0. The van der Waals surface area contributed by atoms with Gasteiger partial charge in [0.2, 0.25) is 0 Å². The van der Waals surface area contributed by atoms with Crippen molar-refractivity contribution < 1.29 is 23.5 Å². The number of benzene rings is 1. The maximum absolute atomic E-state index is 12.9. The Balaban J connectivity index is 1.29. The number of hydrogen-bond acceptors (Lipinski definition) is 6. The van der Waals surface area contributed by atoms with E-state index in [0.29, 0.717) is 10.8 Å². The van der Waals surface area contributed by atoms with Crippen LogP contribution in [0.15, 0.2) is 41.4 Å². The summed E-state index contributed by atoms with van der Waals surface area (Å²) < 4.78 is 23.7. The Morgan fingerprint density at radius 2 is 2.00 bits per heavy atom. The molecule has 0 unspecified atom stereocenters. The van der Waals surface area contributed by atoms with E-state index in [0.717, 1.165) is 44.2 Å². The van der Waals surface area contributed by atoms with Crippen LogP contribution >= 0.6 is 11.3 Å². The third-order valence-corrected chi connectivity index (χ3v) is 5.84. The molecule has 1 aromatic heterocycles. The summed E-state index contributed by atoms with van der Waals surface area (Å²) in [5, 5.41) is 2.17. The van der Waals surface area contributed by atoms with Crippen molar-refractivity contribution in [3.05, 3.63) is 57.9 Å². The molecule has 0 bridgehead atoms. The maximum atomic E-state index is 12.9. The second-order valence-electron chi connectivity index (χ2n) is 7.38. The highest BCUT2D eigenvalue weighted by molar-refractivity contribution is 7.09. The lowest BCUT2D eigenvalue weighted by Gasteiger charge is -2.27. The Kier molecular flexibility index (Phi) is 6.42. The van der Waals surface area contributed by atoms with E-state index in [4.69, 9.17) is 9.47 Å². The van der Waals surface area contributed by atoms with Crippen LogP contribution in [0.5, 0.6) is 5.75 Å². The lowest BCUT2D eigenvalue weighted by molar-refractivity contribution is -0.133. The van der Waals surface area contributed by atoms with E-state index in [1.54, 1.807) is 5.38 Å². The number of allylic oxidation sites excluding steroid dienone is 2. The molecule has 0 saturated heterocycles. The number of amides is 1. The fraction of sp³-hybridized carbons (Fsp3) is 0.409. The molecular weight excluding hydrogens is 407 g/mol. The number of hydrogen-bond donors (Lipinski definition) is 0. The molecule has 4 rings (SSSR count). The van der Waals surface area contributed by atoms with Gasteiger partial charge in [-0.25, -0.2) is 14.2 Å². The summed E-state index contributed by atoms with van der Waals surface area (Å²) in [6.45, 7) is -0.127. The molecule has 0 N–H and O–H groups in total. The van der Waals surface area contributed by atoms with Gasteiger partial charge in [-0.1, -0.05) is 6.08 Å². The van der Waals surface area contributed by atoms with Crippen molar-refractivity contribution in [1.29, 1.82) is 0 Å². The quantitative estimate of drug-likeness (QED) is 0.578. The molecule has 2 aromatic rings. The Bertz CT molecular complexity index is 937. The molecule has 2 aliphatic carbocycles. The summed E-state index contributed by atoms with van der Waals surface area (Å²) in [4.78, 5) is 31.0. The van der Waals surface area contributed by atoms with Crippen molar-refractivity contribution in [2.24, 2.45) is 0 Å². The van der Waals surface area contributed by atoms with Gasteiger partial charge in [-0.2, -0.15) is 0 Å². The highest BCUT2D eigenvalue weighted by Crippen LogP contribution is 2.33. The average Bonchev–Trinajstić information content (AvgIpc) is 3.48. The Hall–Kier alpha value is -2.74. The molecule has 2 aliphatic rings. The van der Waals surface area contributed by atoms with Gasteiger partial charge < -0.3 is 14.4 Å². The molecule has 1 fully saturated rings. The van der Waals surface area contributed by atoms with Crippen LogP contribution in [0.3, 0.4) is 0 Å². The van der Waals surface area contributed by atoms with E-state index in [9.17, 15) is 14.0 Å². The number of thiazole rings is 1. The van der Waals surface area contributed by atoms with Crippen LogP contribution in [0, 0.1) is 5.82 Å². The van der Waals surface area contributed by atoms with Gasteiger partial charge in [0.05, 0.1) is 0 Å². The molecule has 1 amide bonds. The molecule has 0 spiro atoms. The number of carbonyl (C=O) groups excluding carboxylic acids is 2. The number of carbonyl (C=O) groups is 2. The second-order valence-corrected chi connectivity index (χ2v) is 8.32. The van der Waals surface area contributed by atoms with Gasteiger partial charge in [0.25, 0.3) is 5.91 Å². The predicted molar refractivity (Wildman–Crippen MR) is 110 cm³/mol. The van der Waals surface area contributed by atoms with Crippen LogP contribution in [-0.2, 0) is 16.1 Å². The van der Waals surface area contributed by atoms with Gasteiger partial charge in [-0.15, -0.1) is 11.3 Å². The second kappa shape index (κ2) is 9.38. The predicted octanol–water partition coefficient (Wildman–Crippen LogP) is 4.47. The lowest BCUT2D eigenvalue weighted by atomic mass is 10.0. The zero-order chi connectivity index (χ0) is 20.9. The first kappa shape index (κ1) is 20.5. The van der Waals surface area contributed by atoms with Crippen LogP contribution in [0.25, 0.3) is 0 Å². The van der Waals surface area contributed by atoms with E-state index in [1.807, 2.05) is 4.90 Å². The van der Waals surface area contributed by atoms with Crippen molar-refractivity contribution in [2.75, 3.05) is 6.61 Å². The van der Waals surface area contributed by atoms with Gasteiger partial charge in [0, 0.05) is 17.1 Å². The zero-order valence-corrected chi connectivity index (χ0v) is 17.3. The summed E-state index contributed by atoms with van der Waals surface area (Å²) in [7, 11) is 0. The van der Waals surface area contributed by atoms with Gasteiger partial charge in [-0.3, -0.25) is 4.79 Å². The summed E-state index contributed by atoms with van der Waals surface area (Å²) in [5.74, 6) is -0.621. The molecule has 158 valence electrons. The zero-order valence-electron chi connectivity index (χ0n) is 16.5. The minimum absolute atomic E-state index is 0.153. The minimum Gasteiger partial charge on any atom is -0.486 e. The van der Waals surface area contributed by atoms with E-state index in [1.165, 1.54) is 35.6 Å². The first-order valence-electron chi connectivity index (χ1n) is 10.1. The lowest BCUT2D eigenvalue weighted by Crippen LogP contribution is -2.36. The van der Waals surface area contributed by atoms with Crippen LogP contribution in [0.2, 0.25) is 0 Å². The molecular formula is C22H23FN2O4S. The fourth-order valence-corrected chi connectivity index (χ4v) is 4.06. The topological polar surface area (TPSA) is 68.7 Å². The average molecular weight is 431 g/mol. The van der Waals surface area contributed by atoms with E-state index in [2.05, 4.69) is 11.1 Å². The van der Waals surface area contributed by atoms with Crippen molar-refractivity contribution in [3.63, 3.8) is 0 Å². The molecule has 1 heterocycles. The number of nitrogens with zero attached hydrogens (tertiary/aromatic N) is 2. The summed E-state index contributed by atoms with van der Waals surface area (Å²) in [6.07, 6.45) is 8.27. The smallest absolute Gasteiger partial charge is 0.358 e. The Morgan fingerprint density at radius 3 is 2.70 bits per heavy atom. The number of esters is 1. The number of ether oxygens (including phenoxy) is 2. The minimum atomic E-state index is -0.624. The van der Waals surface area contributed by atoms with Crippen molar-refractivity contribution >= 4 is 23.2 Å². The molecule has 0 aliphatic heterocycles. The summed E-state index contributed by atoms with van der Waals surface area (Å²) >= 11 is 1.26. The molecule has 1 saturated carbocycles. The van der Waals surface area contributed by atoms with Crippen LogP contribution < -0.4 is 4.74 Å². The Morgan fingerprint density at radius 1 is 1.20 bits per heavy atom. The third-order valence-electron chi connectivity index (χ3n) is 5.02. The maximum Gasteiger partial charge on any atom is 0.358 e. The van der Waals surface area contributed by atoms with Crippen LogP contribution in [-0.4, -0.2) is 34.4 Å². The highest BCUT2D eigenvalue weighted by Gasteiger charge is 2.35. The third kappa shape index (κ3) is 5.24.